The predicted molar refractivity (Wildman–Crippen MR) is 72.0 cm³/mol. The van der Waals surface area contributed by atoms with Gasteiger partial charge in [0.25, 0.3) is 0 Å². The highest BCUT2D eigenvalue weighted by molar-refractivity contribution is 5.93. The van der Waals surface area contributed by atoms with Crippen LogP contribution in [0.25, 0.3) is 0 Å². The van der Waals surface area contributed by atoms with Gasteiger partial charge in [0.05, 0.1) is 18.7 Å². The molecule has 1 aromatic carbocycles. The average Bonchev–Trinajstić information content (AvgIpc) is 2.48. The van der Waals surface area contributed by atoms with Crippen molar-refractivity contribution in [2.24, 2.45) is 0 Å². The number of methoxy groups -OCH3 is 1. The molecule has 0 unspecified atom stereocenters. The highest BCUT2D eigenvalue weighted by Gasteiger charge is 2.08. The van der Waals surface area contributed by atoms with Gasteiger partial charge in [-0.1, -0.05) is 0 Å². The molecule has 0 aliphatic carbocycles. The van der Waals surface area contributed by atoms with Crippen molar-refractivity contribution in [1.29, 1.82) is 5.26 Å². The number of nitrogens with zero attached hydrogens (tertiary/aromatic N) is 2. The molecule has 0 amide bonds. The minimum atomic E-state index is -0.0556. The molecule has 0 saturated heterocycles. The molecule has 0 bridgehead atoms. The molecule has 0 fully saturated rings. The van der Waals surface area contributed by atoms with Crippen molar-refractivity contribution in [3.05, 3.63) is 47.7 Å². The number of hydrogen-bond acceptors (Lipinski definition) is 5. The Balaban J connectivity index is 2.25. The summed E-state index contributed by atoms with van der Waals surface area (Å²) in [6.07, 6.45) is 1.45. The van der Waals surface area contributed by atoms with Gasteiger partial charge >= 0.3 is 0 Å². The highest BCUT2D eigenvalue weighted by Crippen LogP contribution is 2.31. The van der Waals surface area contributed by atoms with Gasteiger partial charge in [-0.3, -0.25) is 4.79 Å². The van der Waals surface area contributed by atoms with Gasteiger partial charge < -0.3 is 9.47 Å². The summed E-state index contributed by atoms with van der Waals surface area (Å²) in [7, 11) is 1.50. The van der Waals surface area contributed by atoms with E-state index in [2.05, 4.69) is 4.98 Å². The van der Waals surface area contributed by atoms with Gasteiger partial charge in [0.1, 0.15) is 0 Å². The van der Waals surface area contributed by atoms with E-state index in [1.165, 1.54) is 20.2 Å². The van der Waals surface area contributed by atoms with Crippen LogP contribution in [0, 0.1) is 11.3 Å². The molecule has 0 aliphatic rings. The van der Waals surface area contributed by atoms with Gasteiger partial charge in [-0.15, -0.1) is 0 Å². The Hall–Kier alpha value is -2.87. The second kappa shape index (κ2) is 5.85. The number of Topliss-reactive ketones (excluding diaryl/α,β-unsaturated/α-hetero) is 1. The van der Waals surface area contributed by atoms with Crippen LogP contribution in [-0.2, 0) is 0 Å². The molecule has 0 saturated carbocycles. The van der Waals surface area contributed by atoms with Crippen LogP contribution in [0.5, 0.6) is 17.4 Å². The lowest BCUT2D eigenvalue weighted by Crippen LogP contribution is -1.96. The Kier molecular flexibility index (Phi) is 3.96. The molecule has 20 heavy (non-hydrogen) atoms. The van der Waals surface area contributed by atoms with Crippen molar-refractivity contribution >= 4 is 5.78 Å². The number of benzene rings is 1. The minimum Gasteiger partial charge on any atom is -0.493 e. The summed E-state index contributed by atoms with van der Waals surface area (Å²) in [6.45, 7) is 1.47. The van der Waals surface area contributed by atoms with Crippen molar-refractivity contribution in [3.8, 4) is 23.4 Å². The fraction of sp³-hybridized carbons (Fsp3) is 0.133. The van der Waals surface area contributed by atoms with E-state index in [4.69, 9.17) is 14.7 Å². The maximum Gasteiger partial charge on any atom is 0.219 e. The quantitative estimate of drug-likeness (QED) is 0.797. The number of aromatic nitrogens is 1. The lowest BCUT2D eigenvalue weighted by atomic mass is 10.2. The zero-order valence-corrected chi connectivity index (χ0v) is 11.1. The Morgan fingerprint density at radius 1 is 1.25 bits per heavy atom. The molecule has 0 atom stereocenters. The molecule has 2 rings (SSSR count). The largest absolute Gasteiger partial charge is 0.493 e. The number of hydrogen-bond donors (Lipinski definition) is 0. The standard InChI is InChI=1S/C15H12N2O3/c1-10(18)12-4-6-15(17-9-12)20-13-5-3-11(8-16)7-14(13)19-2/h3-7,9H,1-2H3. The smallest absolute Gasteiger partial charge is 0.219 e. The van der Waals surface area contributed by atoms with Crippen LogP contribution < -0.4 is 9.47 Å². The molecular formula is C15H12N2O3. The second-order valence-corrected chi connectivity index (χ2v) is 4.02. The van der Waals surface area contributed by atoms with Crippen molar-refractivity contribution in [2.45, 2.75) is 6.92 Å². The molecule has 2 aromatic rings. The van der Waals surface area contributed by atoms with E-state index < -0.39 is 0 Å². The summed E-state index contributed by atoms with van der Waals surface area (Å²) in [6, 6.07) is 10.1. The summed E-state index contributed by atoms with van der Waals surface area (Å²) in [5.74, 6) is 1.19. The van der Waals surface area contributed by atoms with Crippen molar-refractivity contribution in [3.63, 3.8) is 0 Å². The van der Waals surface area contributed by atoms with Gasteiger partial charge in [0, 0.05) is 23.9 Å². The number of rotatable bonds is 4. The van der Waals surface area contributed by atoms with Gasteiger partial charge in [-0.2, -0.15) is 5.26 Å². The molecule has 1 heterocycles. The van der Waals surface area contributed by atoms with Crippen LogP contribution in [0.1, 0.15) is 22.8 Å². The highest BCUT2D eigenvalue weighted by atomic mass is 16.5. The molecule has 1 aromatic heterocycles. The first-order valence-corrected chi connectivity index (χ1v) is 5.87. The Labute approximate surface area is 116 Å². The number of ketones is 1. The fourth-order valence-corrected chi connectivity index (χ4v) is 1.58. The van der Waals surface area contributed by atoms with Crippen LogP contribution in [0.15, 0.2) is 36.5 Å². The van der Waals surface area contributed by atoms with Crippen molar-refractivity contribution < 1.29 is 14.3 Å². The van der Waals surface area contributed by atoms with Gasteiger partial charge in [0.2, 0.25) is 5.88 Å². The first kappa shape index (κ1) is 13.6. The van der Waals surface area contributed by atoms with Crippen LogP contribution in [0.4, 0.5) is 0 Å². The number of ether oxygens (including phenoxy) is 2. The van der Waals surface area contributed by atoms with E-state index in [1.807, 2.05) is 6.07 Å². The topological polar surface area (TPSA) is 72.2 Å². The monoisotopic (exact) mass is 268 g/mol. The lowest BCUT2D eigenvalue weighted by Gasteiger charge is -2.09. The summed E-state index contributed by atoms with van der Waals surface area (Å²) >= 11 is 0. The average molecular weight is 268 g/mol. The Morgan fingerprint density at radius 2 is 2.05 bits per heavy atom. The number of carbonyl (C=O) groups excluding carboxylic acids is 1. The second-order valence-electron chi connectivity index (χ2n) is 4.02. The molecule has 0 spiro atoms. The third-order valence-corrected chi connectivity index (χ3v) is 2.65. The molecular weight excluding hydrogens is 256 g/mol. The number of pyridine rings is 1. The maximum atomic E-state index is 11.2. The van der Waals surface area contributed by atoms with E-state index in [0.717, 1.165) is 0 Å². The molecule has 100 valence electrons. The van der Waals surface area contributed by atoms with Crippen LogP contribution in [0.2, 0.25) is 0 Å². The molecule has 0 radical (unpaired) electrons. The zero-order chi connectivity index (χ0) is 14.5. The van der Waals surface area contributed by atoms with Crippen LogP contribution in [-0.4, -0.2) is 17.9 Å². The summed E-state index contributed by atoms with van der Waals surface area (Å²) in [5, 5.41) is 8.83. The summed E-state index contributed by atoms with van der Waals surface area (Å²) < 4.78 is 10.7. The number of carbonyl (C=O) groups is 1. The first-order chi connectivity index (χ1) is 9.63. The maximum absolute atomic E-state index is 11.2. The van der Waals surface area contributed by atoms with E-state index in [0.29, 0.717) is 28.5 Å². The van der Waals surface area contributed by atoms with Gasteiger partial charge in [-0.05, 0) is 25.1 Å². The first-order valence-electron chi connectivity index (χ1n) is 5.87. The Bertz CT molecular complexity index is 673. The predicted octanol–water partition coefficient (Wildman–Crippen LogP) is 2.96. The number of nitriles is 1. The molecule has 5 heteroatoms. The van der Waals surface area contributed by atoms with Gasteiger partial charge in [0.15, 0.2) is 17.3 Å². The fourth-order valence-electron chi connectivity index (χ4n) is 1.58. The van der Waals surface area contributed by atoms with E-state index >= 15 is 0 Å². The summed E-state index contributed by atoms with van der Waals surface area (Å²) in [5.41, 5.74) is 0.998. The van der Waals surface area contributed by atoms with E-state index in [-0.39, 0.29) is 5.78 Å². The van der Waals surface area contributed by atoms with Crippen LogP contribution >= 0.6 is 0 Å². The van der Waals surface area contributed by atoms with Crippen molar-refractivity contribution in [1.82, 2.24) is 4.98 Å². The SMILES string of the molecule is COc1cc(C#N)ccc1Oc1ccc(C(C)=O)cn1. The van der Waals surface area contributed by atoms with Crippen molar-refractivity contribution in [2.75, 3.05) is 7.11 Å². The zero-order valence-electron chi connectivity index (χ0n) is 11.1. The van der Waals surface area contributed by atoms with Crippen LogP contribution in [0.3, 0.4) is 0 Å². The molecule has 5 nitrogen and oxygen atoms in total. The third-order valence-electron chi connectivity index (χ3n) is 2.65. The lowest BCUT2D eigenvalue weighted by molar-refractivity contribution is 0.101. The van der Waals surface area contributed by atoms with Gasteiger partial charge in [-0.25, -0.2) is 4.98 Å². The Morgan fingerprint density at radius 3 is 2.60 bits per heavy atom. The van der Waals surface area contributed by atoms with E-state index in [9.17, 15) is 4.79 Å². The molecule has 0 aliphatic heterocycles. The van der Waals surface area contributed by atoms with E-state index in [1.54, 1.807) is 30.3 Å². The third kappa shape index (κ3) is 2.93. The summed E-state index contributed by atoms with van der Waals surface area (Å²) in [4.78, 5) is 15.2. The molecule has 0 N–H and O–H groups in total. The minimum absolute atomic E-state index is 0.0556. The normalized spacial score (nSPS) is 9.65.